The standard InChI is InChI=1S/C21H20F3N3O2/c22-21(23,24)16-4-6-17(7-5-16)29-19-3-1-2-15-13-27(9-8-18(15)19)20(28)10-14(11-25)12-26/h1-7,11-12,25H,8-10,13,26H2/b14-12-,25-11?. The van der Waals surface area contributed by atoms with E-state index in [4.69, 9.17) is 15.9 Å². The summed E-state index contributed by atoms with van der Waals surface area (Å²) in [4.78, 5) is 14.1. The number of fused-ring (bicyclic) bond motifs is 1. The van der Waals surface area contributed by atoms with Gasteiger partial charge in [-0.1, -0.05) is 12.1 Å². The largest absolute Gasteiger partial charge is 0.457 e. The number of nitrogens with zero attached hydrogens (tertiary/aromatic N) is 1. The fourth-order valence-electron chi connectivity index (χ4n) is 3.17. The van der Waals surface area contributed by atoms with Crippen molar-refractivity contribution in [1.29, 1.82) is 5.41 Å². The molecule has 3 N–H and O–H groups in total. The van der Waals surface area contributed by atoms with Crippen LogP contribution in [0.25, 0.3) is 0 Å². The summed E-state index contributed by atoms with van der Waals surface area (Å²) >= 11 is 0. The van der Waals surface area contributed by atoms with Gasteiger partial charge in [0.1, 0.15) is 11.5 Å². The van der Waals surface area contributed by atoms with Crippen LogP contribution >= 0.6 is 0 Å². The van der Waals surface area contributed by atoms with Gasteiger partial charge in [-0.05, 0) is 54.1 Å². The molecule has 1 amide bonds. The maximum absolute atomic E-state index is 12.7. The Labute approximate surface area is 166 Å². The smallest absolute Gasteiger partial charge is 0.416 e. The summed E-state index contributed by atoms with van der Waals surface area (Å²) in [6.45, 7) is 0.878. The van der Waals surface area contributed by atoms with Crippen LogP contribution < -0.4 is 10.5 Å². The molecule has 0 spiro atoms. The second-order valence-corrected chi connectivity index (χ2v) is 6.65. The number of amides is 1. The Morgan fingerprint density at radius 1 is 1.21 bits per heavy atom. The number of ether oxygens (including phenoxy) is 1. The first-order valence-corrected chi connectivity index (χ1v) is 8.96. The molecule has 0 radical (unpaired) electrons. The zero-order valence-electron chi connectivity index (χ0n) is 15.5. The fourth-order valence-corrected chi connectivity index (χ4v) is 3.17. The van der Waals surface area contributed by atoms with Gasteiger partial charge >= 0.3 is 6.18 Å². The lowest BCUT2D eigenvalue weighted by molar-refractivity contribution is -0.137. The summed E-state index contributed by atoms with van der Waals surface area (Å²) in [5, 5.41) is 7.24. The molecule has 0 saturated carbocycles. The molecule has 0 unspecified atom stereocenters. The number of nitrogens with one attached hydrogen (secondary N) is 1. The van der Waals surface area contributed by atoms with E-state index < -0.39 is 11.7 Å². The molecule has 0 fully saturated rings. The van der Waals surface area contributed by atoms with Crippen molar-refractivity contribution in [3.8, 4) is 11.5 Å². The minimum absolute atomic E-state index is 0.0665. The first kappa shape index (κ1) is 20.4. The fraction of sp³-hybridized carbons (Fsp3) is 0.238. The van der Waals surface area contributed by atoms with E-state index >= 15 is 0 Å². The number of alkyl halides is 3. The van der Waals surface area contributed by atoms with Gasteiger partial charge in [-0.15, -0.1) is 0 Å². The lowest BCUT2D eigenvalue weighted by atomic mass is 9.98. The average Bonchev–Trinajstić information content (AvgIpc) is 2.71. The molecular weight excluding hydrogens is 383 g/mol. The lowest BCUT2D eigenvalue weighted by Gasteiger charge is -2.30. The number of rotatable bonds is 5. The van der Waals surface area contributed by atoms with Crippen molar-refractivity contribution in [2.75, 3.05) is 6.54 Å². The topological polar surface area (TPSA) is 79.4 Å². The first-order chi connectivity index (χ1) is 13.8. The highest BCUT2D eigenvalue weighted by Crippen LogP contribution is 2.34. The van der Waals surface area contributed by atoms with Gasteiger partial charge in [0.15, 0.2) is 0 Å². The van der Waals surface area contributed by atoms with Crippen molar-refractivity contribution in [1.82, 2.24) is 4.90 Å². The molecule has 152 valence electrons. The van der Waals surface area contributed by atoms with E-state index in [9.17, 15) is 18.0 Å². The lowest BCUT2D eigenvalue weighted by Crippen LogP contribution is -2.36. The molecule has 1 aliphatic heterocycles. The second-order valence-electron chi connectivity index (χ2n) is 6.65. The number of nitrogens with two attached hydrogens (primary N) is 1. The number of hydrogen-bond acceptors (Lipinski definition) is 4. The van der Waals surface area contributed by atoms with E-state index in [1.807, 2.05) is 6.07 Å². The first-order valence-electron chi connectivity index (χ1n) is 8.96. The number of benzene rings is 2. The average molecular weight is 403 g/mol. The summed E-state index contributed by atoms with van der Waals surface area (Å²) in [5.41, 5.74) is 6.96. The highest BCUT2D eigenvalue weighted by Gasteiger charge is 2.30. The van der Waals surface area contributed by atoms with Gasteiger partial charge in [-0.2, -0.15) is 13.2 Å². The molecule has 29 heavy (non-hydrogen) atoms. The third kappa shape index (κ3) is 4.77. The maximum Gasteiger partial charge on any atom is 0.416 e. The molecule has 1 aliphatic rings. The van der Waals surface area contributed by atoms with Crippen LogP contribution in [0.5, 0.6) is 11.5 Å². The number of carbonyl (C=O) groups excluding carboxylic acids is 1. The molecule has 0 aliphatic carbocycles. The summed E-state index contributed by atoms with van der Waals surface area (Å²) in [5.74, 6) is 0.759. The molecule has 2 aromatic carbocycles. The zero-order chi connectivity index (χ0) is 21.0. The Kier molecular flexibility index (Phi) is 5.91. The highest BCUT2D eigenvalue weighted by molar-refractivity contribution is 5.88. The van der Waals surface area contributed by atoms with Crippen molar-refractivity contribution in [2.24, 2.45) is 5.73 Å². The summed E-state index contributed by atoms with van der Waals surface area (Å²) in [6, 6.07) is 9.99. The Balaban J connectivity index is 1.74. The highest BCUT2D eigenvalue weighted by atomic mass is 19.4. The van der Waals surface area contributed by atoms with E-state index in [1.54, 1.807) is 17.0 Å². The monoisotopic (exact) mass is 403 g/mol. The molecule has 0 bridgehead atoms. The Morgan fingerprint density at radius 2 is 1.93 bits per heavy atom. The molecule has 2 aromatic rings. The normalized spacial score (nSPS) is 14.3. The molecular formula is C21H20F3N3O2. The molecule has 5 nitrogen and oxygen atoms in total. The molecule has 0 saturated heterocycles. The van der Waals surface area contributed by atoms with Crippen LogP contribution in [-0.2, 0) is 23.9 Å². The molecule has 1 heterocycles. The number of hydrogen-bond donors (Lipinski definition) is 2. The second kappa shape index (κ2) is 8.38. The van der Waals surface area contributed by atoms with Gasteiger partial charge < -0.3 is 20.8 Å². The molecule has 3 rings (SSSR count). The predicted octanol–water partition coefficient (Wildman–Crippen LogP) is 4.26. The van der Waals surface area contributed by atoms with Crippen LogP contribution in [0, 0.1) is 5.41 Å². The molecule has 0 atom stereocenters. The minimum Gasteiger partial charge on any atom is -0.457 e. The van der Waals surface area contributed by atoms with E-state index in [0.717, 1.165) is 29.5 Å². The molecule has 0 aromatic heterocycles. The van der Waals surface area contributed by atoms with Crippen LogP contribution in [0.4, 0.5) is 13.2 Å². The summed E-state index contributed by atoms with van der Waals surface area (Å²) < 4.78 is 43.9. The van der Waals surface area contributed by atoms with Gasteiger partial charge in [0.2, 0.25) is 5.91 Å². The SMILES string of the molecule is N=C/C(=C\N)CC(=O)N1CCc2c(cccc2Oc2ccc(C(F)(F)F)cc2)C1. The van der Waals surface area contributed by atoms with E-state index in [-0.39, 0.29) is 12.3 Å². The predicted molar refractivity (Wildman–Crippen MR) is 103 cm³/mol. The van der Waals surface area contributed by atoms with Crippen LogP contribution in [0.1, 0.15) is 23.1 Å². The quantitative estimate of drug-likeness (QED) is 0.732. The van der Waals surface area contributed by atoms with Crippen LogP contribution in [0.15, 0.2) is 54.2 Å². The maximum atomic E-state index is 12.7. The van der Waals surface area contributed by atoms with Gasteiger partial charge in [0.25, 0.3) is 0 Å². The Bertz CT molecular complexity index is 937. The summed E-state index contributed by atoms with van der Waals surface area (Å²) in [7, 11) is 0. The van der Waals surface area contributed by atoms with Crippen molar-refractivity contribution in [2.45, 2.75) is 25.6 Å². The van der Waals surface area contributed by atoms with Gasteiger partial charge in [-0.25, -0.2) is 0 Å². The van der Waals surface area contributed by atoms with Crippen LogP contribution in [-0.4, -0.2) is 23.6 Å². The van der Waals surface area contributed by atoms with Gasteiger partial charge in [0.05, 0.1) is 12.0 Å². The van der Waals surface area contributed by atoms with Gasteiger partial charge in [0, 0.05) is 24.9 Å². The van der Waals surface area contributed by atoms with E-state index in [1.165, 1.54) is 18.3 Å². The third-order valence-electron chi connectivity index (χ3n) is 4.74. The van der Waals surface area contributed by atoms with Crippen molar-refractivity contribution < 1.29 is 22.7 Å². The third-order valence-corrected chi connectivity index (χ3v) is 4.74. The summed E-state index contributed by atoms with van der Waals surface area (Å²) in [6.07, 6.45) is -1.46. The van der Waals surface area contributed by atoms with Crippen LogP contribution in [0.3, 0.4) is 0 Å². The number of carbonyl (C=O) groups is 1. The van der Waals surface area contributed by atoms with Crippen molar-refractivity contribution >= 4 is 12.1 Å². The molecule has 8 heteroatoms. The van der Waals surface area contributed by atoms with Gasteiger partial charge in [-0.3, -0.25) is 4.79 Å². The number of halogens is 3. The van der Waals surface area contributed by atoms with E-state index in [0.29, 0.717) is 36.6 Å². The Hall–Kier alpha value is -3.29. The van der Waals surface area contributed by atoms with Crippen molar-refractivity contribution in [3.63, 3.8) is 0 Å². The van der Waals surface area contributed by atoms with Crippen molar-refractivity contribution in [3.05, 3.63) is 70.9 Å². The van der Waals surface area contributed by atoms with Crippen LogP contribution in [0.2, 0.25) is 0 Å². The minimum atomic E-state index is -4.39. The van der Waals surface area contributed by atoms with E-state index in [2.05, 4.69) is 0 Å². The zero-order valence-corrected chi connectivity index (χ0v) is 15.5. The Morgan fingerprint density at radius 3 is 2.55 bits per heavy atom.